The number of carboxylic acids is 1. The number of unbranched alkanes of at least 4 members (excludes halogenated alkanes) is 16. The maximum atomic E-state index is 11.3. The molecule has 3 heteroatoms. The molecule has 0 aromatic rings. The molecule has 2 nitrogen and oxygen atoms in total. The third kappa shape index (κ3) is 22.6. The van der Waals surface area contributed by atoms with E-state index in [0.29, 0.717) is 0 Å². The van der Waals surface area contributed by atoms with Gasteiger partial charge < -0.3 is 9.90 Å². The summed E-state index contributed by atoms with van der Waals surface area (Å²) >= 11 is 0. The Bertz CT molecular complexity index is 294. The number of hydrogen-bond donors (Lipinski definition) is 0. The SMILES string of the molecule is CCCCCCCCCCCCC(CCCCCCCCCC)C(=O)[O-].[Na+]. The van der Waals surface area contributed by atoms with Crippen molar-refractivity contribution in [2.75, 3.05) is 0 Å². The van der Waals surface area contributed by atoms with Crippen LogP contribution in [-0.4, -0.2) is 5.97 Å². The Labute approximate surface area is 193 Å². The van der Waals surface area contributed by atoms with Crippen LogP contribution in [0.25, 0.3) is 0 Å². The van der Waals surface area contributed by atoms with Crippen LogP contribution in [0.5, 0.6) is 0 Å². The van der Waals surface area contributed by atoms with E-state index in [9.17, 15) is 9.90 Å². The van der Waals surface area contributed by atoms with Crippen LogP contribution in [0.3, 0.4) is 0 Å². The minimum atomic E-state index is -0.816. The number of carboxylic acid groups (broad SMARTS) is 1. The zero-order chi connectivity index (χ0) is 19.3. The molecular weight excluding hydrogens is 343 g/mol. The van der Waals surface area contributed by atoms with Crippen molar-refractivity contribution < 1.29 is 39.5 Å². The summed E-state index contributed by atoms with van der Waals surface area (Å²) in [7, 11) is 0. The Kier molecular flexibility index (Phi) is 26.9. The summed E-state index contributed by atoms with van der Waals surface area (Å²) < 4.78 is 0. The zero-order valence-corrected chi connectivity index (χ0v) is 21.0. The van der Waals surface area contributed by atoms with Crippen molar-refractivity contribution in [2.24, 2.45) is 5.92 Å². The van der Waals surface area contributed by atoms with Gasteiger partial charge in [0.1, 0.15) is 0 Å². The molecule has 156 valence electrons. The summed E-state index contributed by atoms with van der Waals surface area (Å²) in [5.41, 5.74) is 0. The maximum absolute atomic E-state index is 11.3. The molecule has 0 saturated carbocycles. The van der Waals surface area contributed by atoms with E-state index in [1.807, 2.05) is 0 Å². The van der Waals surface area contributed by atoms with Crippen molar-refractivity contribution in [3.8, 4) is 0 Å². The fourth-order valence-electron chi connectivity index (χ4n) is 3.78. The summed E-state index contributed by atoms with van der Waals surface area (Å²) in [5.74, 6) is -1.02. The second-order valence-electron chi connectivity index (χ2n) is 8.25. The standard InChI is InChI=1S/C24H48O2.Na/c1-3-5-7-9-11-13-14-16-18-20-22-23(24(25)26)21-19-17-15-12-10-8-6-4-2;/h23H,3-22H2,1-2H3,(H,25,26);/q;+1/p-1. The fraction of sp³-hybridized carbons (Fsp3) is 0.958. The molecule has 0 rings (SSSR count). The minimum absolute atomic E-state index is 0. The molecule has 1 unspecified atom stereocenters. The number of rotatable bonds is 21. The van der Waals surface area contributed by atoms with Crippen LogP contribution in [0.2, 0.25) is 0 Å². The summed E-state index contributed by atoms with van der Waals surface area (Å²) in [6.07, 6.45) is 24.9. The molecule has 0 aliphatic rings. The first-order valence-corrected chi connectivity index (χ1v) is 11.9. The predicted molar refractivity (Wildman–Crippen MR) is 112 cm³/mol. The second-order valence-corrected chi connectivity index (χ2v) is 8.25. The van der Waals surface area contributed by atoms with Crippen LogP contribution in [0.15, 0.2) is 0 Å². The molecule has 27 heavy (non-hydrogen) atoms. The molecule has 0 bridgehead atoms. The molecule has 0 fully saturated rings. The summed E-state index contributed by atoms with van der Waals surface area (Å²) in [5, 5.41) is 11.3. The first-order chi connectivity index (χ1) is 12.7. The van der Waals surface area contributed by atoms with Gasteiger partial charge in [0.15, 0.2) is 0 Å². The summed E-state index contributed by atoms with van der Waals surface area (Å²) in [6.45, 7) is 4.50. The predicted octanol–water partition coefficient (Wildman–Crippen LogP) is 4.20. The smallest absolute Gasteiger partial charge is 0.550 e. The molecule has 1 atom stereocenters. The molecule has 0 saturated heterocycles. The monoisotopic (exact) mass is 390 g/mol. The third-order valence-electron chi connectivity index (χ3n) is 5.65. The van der Waals surface area contributed by atoms with Gasteiger partial charge in [-0.1, -0.05) is 129 Å². The number of carbonyl (C=O) groups is 1. The second kappa shape index (κ2) is 24.5. The van der Waals surface area contributed by atoms with Crippen LogP contribution in [0.4, 0.5) is 0 Å². The van der Waals surface area contributed by atoms with Crippen molar-refractivity contribution in [3.63, 3.8) is 0 Å². The molecule has 0 aromatic carbocycles. The van der Waals surface area contributed by atoms with Crippen LogP contribution in [0, 0.1) is 5.92 Å². The zero-order valence-electron chi connectivity index (χ0n) is 19.0. The van der Waals surface area contributed by atoms with Gasteiger partial charge >= 0.3 is 29.6 Å². The third-order valence-corrected chi connectivity index (χ3v) is 5.65. The molecular formula is C24H47NaO2. The van der Waals surface area contributed by atoms with E-state index in [0.717, 1.165) is 25.7 Å². The van der Waals surface area contributed by atoms with Crippen LogP contribution < -0.4 is 34.7 Å². The Balaban J connectivity index is 0. The molecule has 0 aliphatic heterocycles. The first kappa shape index (κ1) is 29.7. The van der Waals surface area contributed by atoms with E-state index in [4.69, 9.17) is 0 Å². The minimum Gasteiger partial charge on any atom is -0.550 e. The van der Waals surface area contributed by atoms with Gasteiger partial charge in [-0.3, -0.25) is 0 Å². The topological polar surface area (TPSA) is 40.1 Å². The van der Waals surface area contributed by atoms with Gasteiger partial charge in [0.05, 0.1) is 0 Å². The Morgan fingerprint density at radius 2 is 0.815 bits per heavy atom. The van der Waals surface area contributed by atoms with Gasteiger partial charge in [0.25, 0.3) is 0 Å². The van der Waals surface area contributed by atoms with E-state index in [-0.39, 0.29) is 35.5 Å². The largest absolute Gasteiger partial charge is 1.00 e. The molecule has 0 amide bonds. The summed E-state index contributed by atoms with van der Waals surface area (Å²) in [4.78, 5) is 11.3. The van der Waals surface area contributed by atoms with E-state index in [1.54, 1.807) is 0 Å². The quantitative estimate of drug-likeness (QED) is 0.218. The normalized spacial score (nSPS) is 11.9. The number of carbonyl (C=O) groups excluding carboxylic acids is 1. The van der Waals surface area contributed by atoms with Crippen molar-refractivity contribution >= 4 is 5.97 Å². The van der Waals surface area contributed by atoms with Crippen molar-refractivity contribution in [3.05, 3.63) is 0 Å². The van der Waals surface area contributed by atoms with Crippen molar-refractivity contribution in [2.45, 2.75) is 142 Å². The molecule has 0 N–H and O–H groups in total. The van der Waals surface area contributed by atoms with Gasteiger partial charge in [-0.2, -0.15) is 0 Å². The molecule has 0 aromatic heterocycles. The molecule has 0 radical (unpaired) electrons. The Morgan fingerprint density at radius 3 is 1.07 bits per heavy atom. The Morgan fingerprint density at radius 1 is 0.556 bits per heavy atom. The Hall–Kier alpha value is 0.470. The number of hydrogen-bond acceptors (Lipinski definition) is 2. The van der Waals surface area contributed by atoms with Crippen LogP contribution >= 0.6 is 0 Å². The summed E-state index contributed by atoms with van der Waals surface area (Å²) in [6, 6.07) is 0. The van der Waals surface area contributed by atoms with E-state index >= 15 is 0 Å². The van der Waals surface area contributed by atoms with Gasteiger partial charge in [-0.25, -0.2) is 0 Å². The van der Waals surface area contributed by atoms with Crippen molar-refractivity contribution in [1.29, 1.82) is 0 Å². The van der Waals surface area contributed by atoms with Gasteiger partial charge in [0.2, 0.25) is 0 Å². The average Bonchev–Trinajstić information content (AvgIpc) is 2.63. The fourth-order valence-corrected chi connectivity index (χ4v) is 3.78. The van der Waals surface area contributed by atoms with Crippen molar-refractivity contribution in [1.82, 2.24) is 0 Å². The maximum Gasteiger partial charge on any atom is 1.00 e. The van der Waals surface area contributed by atoms with Gasteiger partial charge in [-0.05, 0) is 18.8 Å². The first-order valence-electron chi connectivity index (χ1n) is 11.9. The molecule has 0 heterocycles. The average molecular weight is 391 g/mol. The van der Waals surface area contributed by atoms with Crippen LogP contribution in [-0.2, 0) is 4.79 Å². The number of aliphatic carboxylic acids is 1. The van der Waals surface area contributed by atoms with E-state index in [1.165, 1.54) is 103 Å². The molecule has 0 aliphatic carbocycles. The van der Waals surface area contributed by atoms with Crippen LogP contribution in [0.1, 0.15) is 142 Å². The molecule has 0 spiro atoms. The van der Waals surface area contributed by atoms with Gasteiger partial charge in [-0.15, -0.1) is 0 Å². The van der Waals surface area contributed by atoms with Gasteiger partial charge in [0, 0.05) is 5.97 Å². The van der Waals surface area contributed by atoms with E-state index < -0.39 is 5.97 Å². The van der Waals surface area contributed by atoms with E-state index in [2.05, 4.69) is 13.8 Å².